The number of aromatic nitrogens is 1. The maximum Gasteiger partial charge on any atom is 0.416 e. The molecule has 0 saturated carbocycles. The molecule has 40 heavy (non-hydrogen) atoms. The molecule has 3 aromatic carbocycles. The first kappa shape index (κ1) is 28.4. The van der Waals surface area contributed by atoms with E-state index in [0.29, 0.717) is 16.9 Å². The van der Waals surface area contributed by atoms with Gasteiger partial charge in [-0.2, -0.15) is 30.2 Å². The van der Waals surface area contributed by atoms with Gasteiger partial charge in [-0.25, -0.2) is 9.78 Å². The number of carbonyl (C=O) groups excluding carboxylic acids is 2. The average molecular weight is 566 g/mol. The maximum atomic E-state index is 13.4. The van der Waals surface area contributed by atoms with E-state index in [2.05, 4.69) is 10.3 Å². The number of oxazole rings is 1. The van der Waals surface area contributed by atoms with Gasteiger partial charge >= 0.3 is 12.1 Å². The summed E-state index contributed by atoms with van der Waals surface area (Å²) in [6.45, 7) is 0. The molecule has 0 bridgehead atoms. The number of esters is 1. The van der Waals surface area contributed by atoms with Gasteiger partial charge in [0, 0.05) is 22.6 Å². The smallest absolute Gasteiger partial charge is 0.416 e. The number of nitrogens with one attached hydrogen (secondary N) is 1. The van der Waals surface area contributed by atoms with Crippen LogP contribution in [-0.2, 0) is 21.5 Å². The van der Waals surface area contributed by atoms with Crippen LogP contribution in [0, 0.1) is 11.3 Å². The number of nitriles is 1. The van der Waals surface area contributed by atoms with Gasteiger partial charge in [-0.1, -0.05) is 30.3 Å². The Morgan fingerprint density at radius 1 is 1.02 bits per heavy atom. The fraction of sp³-hybridized carbons (Fsp3) is 0.172. The molecule has 1 atom stereocenters. The van der Waals surface area contributed by atoms with E-state index < -0.39 is 29.7 Å². The van der Waals surface area contributed by atoms with E-state index in [9.17, 15) is 22.8 Å². The first-order valence-corrected chi connectivity index (χ1v) is 13.0. The highest BCUT2D eigenvalue weighted by Crippen LogP contribution is 2.33. The third-order valence-electron chi connectivity index (χ3n) is 5.76. The van der Waals surface area contributed by atoms with Crippen LogP contribution in [0.1, 0.15) is 27.2 Å². The minimum absolute atomic E-state index is 0.0254. The molecule has 11 heteroatoms. The molecular formula is C29H22F3N3O4S. The normalized spacial score (nSPS) is 11.9. The van der Waals surface area contributed by atoms with Crippen molar-refractivity contribution in [3.8, 4) is 28.8 Å². The zero-order valence-electron chi connectivity index (χ0n) is 21.1. The Morgan fingerprint density at radius 2 is 1.68 bits per heavy atom. The Bertz CT molecular complexity index is 1510. The summed E-state index contributed by atoms with van der Waals surface area (Å²) in [6, 6.07) is 20.9. The molecule has 1 aromatic heterocycles. The number of ether oxygens (including phenoxy) is 1. The second-order valence-corrected chi connectivity index (χ2v) is 9.54. The Labute approximate surface area is 232 Å². The van der Waals surface area contributed by atoms with Gasteiger partial charge in [-0.05, 0) is 54.1 Å². The Balaban J connectivity index is 1.63. The van der Waals surface area contributed by atoms with E-state index in [1.165, 1.54) is 43.1 Å². The predicted octanol–water partition coefficient (Wildman–Crippen LogP) is 6.10. The maximum absolute atomic E-state index is 13.4. The van der Waals surface area contributed by atoms with E-state index in [4.69, 9.17) is 14.4 Å². The lowest BCUT2D eigenvalue weighted by Crippen LogP contribution is -2.43. The number of benzene rings is 3. The molecule has 4 rings (SSSR count). The van der Waals surface area contributed by atoms with Gasteiger partial charge in [0.25, 0.3) is 5.91 Å². The number of hydrogen-bond donors (Lipinski definition) is 1. The van der Waals surface area contributed by atoms with E-state index in [0.717, 1.165) is 17.7 Å². The summed E-state index contributed by atoms with van der Waals surface area (Å²) in [5, 5.41) is 11.8. The minimum Gasteiger partial charge on any atom is -0.467 e. The molecule has 1 heterocycles. The van der Waals surface area contributed by atoms with Crippen LogP contribution in [0.4, 0.5) is 13.2 Å². The third-order valence-corrected chi connectivity index (χ3v) is 6.87. The van der Waals surface area contributed by atoms with Gasteiger partial charge in [0.15, 0.2) is 11.5 Å². The molecule has 0 fully saturated rings. The second-order valence-electron chi connectivity index (χ2n) is 8.51. The molecule has 0 saturated heterocycles. The van der Waals surface area contributed by atoms with Gasteiger partial charge < -0.3 is 14.5 Å². The molecule has 0 spiro atoms. The van der Waals surface area contributed by atoms with Gasteiger partial charge in [0.05, 0.1) is 24.3 Å². The molecule has 0 aliphatic carbocycles. The van der Waals surface area contributed by atoms with Crippen LogP contribution in [-0.4, -0.2) is 35.8 Å². The summed E-state index contributed by atoms with van der Waals surface area (Å²) in [5.41, 5.74) is 1.01. The first-order chi connectivity index (χ1) is 19.2. The number of carbonyl (C=O) groups is 2. The standard InChI is InChI=1S/C29H22F3N3O4S/c1-38-28(37)23(17-40-16-19-5-3-2-4-6-19)34-26(36)24-25(20-9-7-18(15-33)8-10-20)39-27(35-24)21-11-13-22(14-12-21)29(30,31)32/h2-14,23H,16-17H2,1H3,(H,34,36)/t23-/m0/s1. The number of nitrogens with zero attached hydrogens (tertiary/aromatic N) is 2. The van der Waals surface area contributed by atoms with Crippen molar-refractivity contribution < 1.29 is 31.9 Å². The highest BCUT2D eigenvalue weighted by atomic mass is 32.2. The van der Waals surface area contributed by atoms with Crippen LogP contribution in [0.15, 0.2) is 83.3 Å². The third kappa shape index (κ3) is 6.90. The summed E-state index contributed by atoms with van der Waals surface area (Å²) in [7, 11) is 1.21. The molecule has 4 aromatic rings. The summed E-state index contributed by atoms with van der Waals surface area (Å²) in [4.78, 5) is 30.1. The van der Waals surface area contributed by atoms with Crippen molar-refractivity contribution in [2.24, 2.45) is 0 Å². The number of thioether (sulfide) groups is 1. The summed E-state index contributed by atoms with van der Waals surface area (Å²) in [5.74, 6) is -0.646. The van der Waals surface area contributed by atoms with Crippen LogP contribution in [0.5, 0.6) is 0 Å². The van der Waals surface area contributed by atoms with Gasteiger partial charge in [-0.3, -0.25) is 4.79 Å². The fourth-order valence-corrected chi connectivity index (χ4v) is 4.70. The minimum atomic E-state index is -4.52. The lowest BCUT2D eigenvalue weighted by atomic mass is 10.1. The largest absolute Gasteiger partial charge is 0.467 e. The second kappa shape index (κ2) is 12.5. The topological polar surface area (TPSA) is 105 Å². The molecule has 1 amide bonds. The summed E-state index contributed by atoms with van der Waals surface area (Å²) in [6.07, 6.45) is -4.52. The number of amides is 1. The van der Waals surface area contributed by atoms with Crippen molar-refractivity contribution >= 4 is 23.6 Å². The summed E-state index contributed by atoms with van der Waals surface area (Å²) >= 11 is 1.42. The molecular weight excluding hydrogens is 543 g/mol. The number of methoxy groups -OCH3 is 1. The van der Waals surface area contributed by atoms with Crippen molar-refractivity contribution in [1.29, 1.82) is 5.26 Å². The van der Waals surface area contributed by atoms with Crippen molar-refractivity contribution in [3.05, 3.63) is 101 Å². The Kier molecular flexibility index (Phi) is 8.91. The highest BCUT2D eigenvalue weighted by Gasteiger charge is 2.31. The van der Waals surface area contributed by atoms with E-state index in [-0.39, 0.29) is 28.7 Å². The molecule has 0 aliphatic rings. The number of rotatable bonds is 9. The lowest BCUT2D eigenvalue weighted by Gasteiger charge is -2.16. The van der Waals surface area contributed by atoms with Crippen LogP contribution in [0.2, 0.25) is 0 Å². The van der Waals surface area contributed by atoms with E-state index in [1.54, 1.807) is 12.1 Å². The number of hydrogen-bond acceptors (Lipinski definition) is 7. The fourth-order valence-electron chi connectivity index (χ4n) is 3.70. The molecule has 7 nitrogen and oxygen atoms in total. The monoisotopic (exact) mass is 565 g/mol. The van der Waals surface area contributed by atoms with Crippen LogP contribution >= 0.6 is 11.8 Å². The van der Waals surface area contributed by atoms with Gasteiger partial charge in [0.2, 0.25) is 5.89 Å². The van der Waals surface area contributed by atoms with Crippen LogP contribution < -0.4 is 5.32 Å². The number of alkyl halides is 3. The molecule has 0 aliphatic heterocycles. The SMILES string of the molecule is COC(=O)[C@H](CSCc1ccccc1)NC(=O)c1nc(-c2ccc(C(F)(F)F)cc2)oc1-c1ccc(C#N)cc1. The number of halogens is 3. The van der Waals surface area contributed by atoms with Gasteiger partial charge in [-0.15, -0.1) is 0 Å². The molecule has 1 N–H and O–H groups in total. The highest BCUT2D eigenvalue weighted by molar-refractivity contribution is 7.98. The zero-order chi connectivity index (χ0) is 28.7. The van der Waals surface area contributed by atoms with E-state index >= 15 is 0 Å². The quantitative estimate of drug-likeness (QED) is 0.244. The van der Waals surface area contributed by atoms with Crippen LogP contribution in [0.3, 0.4) is 0 Å². The summed E-state index contributed by atoms with van der Waals surface area (Å²) < 4.78 is 49.8. The van der Waals surface area contributed by atoms with Crippen molar-refractivity contribution in [3.63, 3.8) is 0 Å². The van der Waals surface area contributed by atoms with Crippen LogP contribution in [0.25, 0.3) is 22.8 Å². The van der Waals surface area contributed by atoms with Crippen molar-refractivity contribution in [2.75, 3.05) is 12.9 Å². The lowest BCUT2D eigenvalue weighted by molar-refractivity contribution is -0.142. The zero-order valence-corrected chi connectivity index (χ0v) is 21.9. The molecule has 204 valence electrons. The average Bonchev–Trinajstić information content (AvgIpc) is 3.42. The van der Waals surface area contributed by atoms with Crippen molar-refractivity contribution in [2.45, 2.75) is 18.0 Å². The Hall–Kier alpha value is -4.56. The first-order valence-electron chi connectivity index (χ1n) is 11.9. The molecule has 0 unspecified atom stereocenters. The van der Waals surface area contributed by atoms with Gasteiger partial charge in [0.1, 0.15) is 6.04 Å². The van der Waals surface area contributed by atoms with Crippen molar-refractivity contribution in [1.82, 2.24) is 10.3 Å². The Morgan fingerprint density at radius 3 is 2.27 bits per heavy atom. The van der Waals surface area contributed by atoms with E-state index in [1.807, 2.05) is 36.4 Å². The molecule has 0 radical (unpaired) electrons. The predicted molar refractivity (Wildman–Crippen MR) is 143 cm³/mol.